The van der Waals surface area contributed by atoms with Gasteiger partial charge >= 0.3 is 5.97 Å². The van der Waals surface area contributed by atoms with Crippen LogP contribution >= 0.6 is 0 Å². The summed E-state index contributed by atoms with van der Waals surface area (Å²) < 4.78 is 5.38. The van der Waals surface area contributed by atoms with Gasteiger partial charge in [-0.05, 0) is 47.9 Å². The van der Waals surface area contributed by atoms with Crippen molar-refractivity contribution in [2.45, 2.75) is 20.5 Å². The molecule has 3 rings (SSSR count). The molecule has 1 amide bonds. The van der Waals surface area contributed by atoms with Gasteiger partial charge in [0.05, 0.1) is 23.0 Å². The summed E-state index contributed by atoms with van der Waals surface area (Å²) in [6.07, 6.45) is 1.79. The first-order chi connectivity index (χ1) is 13.4. The molecule has 0 atom stereocenters. The molecule has 3 aromatic rings. The number of nitrogens with two attached hydrogens (primary N) is 1. The number of rotatable bonds is 7. The fraction of sp³-hybridized carbons (Fsp3) is 0.227. The lowest BCUT2D eigenvalue weighted by atomic mass is 10.1. The van der Waals surface area contributed by atoms with E-state index in [2.05, 4.69) is 24.1 Å². The van der Waals surface area contributed by atoms with Gasteiger partial charge in [0.25, 0.3) is 0 Å². The molecule has 6 nitrogen and oxygen atoms in total. The van der Waals surface area contributed by atoms with Crippen molar-refractivity contribution in [1.82, 2.24) is 4.98 Å². The van der Waals surface area contributed by atoms with Crippen LogP contribution in [0, 0.1) is 5.92 Å². The lowest BCUT2D eigenvalue weighted by Crippen LogP contribution is -2.11. The van der Waals surface area contributed by atoms with Gasteiger partial charge in [0.15, 0.2) is 0 Å². The van der Waals surface area contributed by atoms with E-state index in [1.807, 2.05) is 6.07 Å². The highest BCUT2D eigenvalue weighted by Gasteiger charge is 2.10. The molecule has 0 fully saturated rings. The summed E-state index contributed by atoms with van der Waals surface area (Å²) in [7, 11) is 0. The number of fused-ring (bicyclic) bond motifs is 1. The second-order valence-electron chi connectivity index (χ2n) is 7.04. The summed E-state index contributed by atoms with van der Waals surface area (Å²) in [4.78, 5) is 27.9. The van der Waals surface area contributed by atoms with Gasteiger partial charge in [-0.3, -0.25) is 9.78 Å². The maximum absolute atomic E-state index is 12.4. The lowest BCUT2D eigenvalue weighted by molar-refractivity contribution is 0.0472. The zero-order valence-corrected chi connectivity index (χ0v) is 15.9. The van der Waals surface area contributed by atoms with Crippen LogP contribution < -0.4 is 11.1 Å². The Morgan fingerprint density at radius 3 is 2.46 bits per heavy atom. The molecule has 6 heteroatoms. The highest BCUT2D eigenvalue weighted by atomic mass is 16.5. The van der Waals surface area contributed by atoms with Crippen LogP contribution in [0.5, 0.6) is 0 Å². The summed E-state index contributed by atoms with van der Waals surface area (Å²) in [5, 5.41) is 4.20. The Bertz CT molecular complexity index is 998. The van der Waals surface area contributed by atoms with Crippen LogP contribution in [-0.2, 0) is 11.3 Å². The Morgan fingerprint density at radius 2 is 1.79 bits per heavy atom. The van der Waals surface area contributed by atoms with E-state index in [4.69, 9.17) is 10.5 Å². The van der Waals surface area contributed by atoms with E-state index in [0.29, 0.717) is 17.0 Å². The average molecular weight is 377 g/mol. The van der Waals surface area contributed by atoms with Gasteiger partial charge in [0, 0.05) is 17.5 Å². The van der Waals surface area contributed by atoms with Gasteiger partial charge in [-0.15, -0.1) is 0 Å². The molecule has 0 bridgehead atoms. The van der Waals surface area contributed by atoms with E-state index in [0.717, 1.165) is 28.7 Å². The van der Waals surface area contributed by atoms with Crippen LogP contribution in [0.3, 0.4) is 0 Å². The molecule has 0 aliphatic carbocycles. The number of hydrogen-bond acceptors (Lipinski definition) is 5. The summed E-state index contributed by atoms with van der Waals surface area (Å²) in [6.45, 7) is 5.24. The zero-order chi connectivity index (χ0) is 20.1. The minimum atomic E-state index is -0.490. The van der Waals surface area contributed by atoms with Gasteiger partial charge < -0.3 is 15.8 Å². The number of hydrogen-bond donors (Lipinski definition) is 2. The third kappa shape index (κ3) is 4.85. The summed E-state index contributed by atoms with van der Waals surface area (Å²) in [5.41, 5.74) is 8.61. The van der Waals surface area contributed by atoms with Crippen molar-refractivity contribution in [2.75, 3.05) is 11.9 Å². The summed E-state index contributed by atoms with van der Waals surface area (Å²) in [6, 6.07) is 13.9. The second kappa shape index (κ2) is 8.52. The minimum Gasteiger partial charge on any atom is -0.457 e. The first kappa shape index (κ1) is 19.4. The van der Waals surface area contributed by atoms with Gasteiger partial charge in [-0.25, -0.2) is 4.79 Å². The third-order valence-corrected chi connectivity index (χ3v) is 4.24. The monoisotopic (exact) mass is 377 g/mol. The van der Waals surface area contributed by atoms with E-state index >= 15 is 0 Å². The zero-order valence-electron chi connectivity index (χ0n) is 15.9. The molecular formula is C22H23N3O3. The first-order valence-corrected chi connectivity index (χ1v) is 9.12. The van der Waals surface area contributed by atoms with E-state index < -0.39 is 11.9 Å². The summed E-state index contributed by atoms with van der Waals surface area (Å²) in [5.74, 6) is -0.383. The smallest absolute Gasteiger partial charge is 0.338 e. The standard InChI is InChI=1S/C22H23N3O3/c1-14(2)11-24-19-10-18-9-17(7-8-20(18)25-12-19)22(27)28-13-15-3-5-16(6-4-15)21(23)26/h3-10,12,14,24H,11,13H2,1-2H3,(H2,23,26). The second-order valence-corrected chi connectivity index (χ2v) is 7.04. The molecule has 144 valence electrons. The fourth-order valence-electron chi connectivity index (χ4n) is 2.67. The molecule has 2 aromatic carbocycles. The van der Waals surface area contributed by atoms with Crippen molar-refractivity contribution in [1.29, 1.82) is 0 Å². The largest absolute Gasteiger partial charge is 0.457 e. The van der Waals surface area contributed by atoms with Crippen molar-refractivity contribution in [3.8, 4) is 0 Å². The Morgan fingerprint density at radius 1 is 1.07 bits per heavy atom. The molecular weight excluding hydrogens is 354 g/mol. The maximum atomic E-state index is 12.4. The molecule has 1 aromatic heterocycles. The first-order valence-electron chi connectivity index (χ1n) is 9.12. The maximum Gasteiger partial charge on any atom is 0.338 e. The Balaban J connectivity index is 1.69. The van der Waals surface area contributed by atoms with E-state index in [1.54, 1.807) is 48.7 Å². The number of pyridine rings is 1. The number of esters is 1. The lowest BCUT2D eigenvalue weighted by Gasteiger charge is -2.10. The molecule has 0 unspecified atom stereocenters. The summed E-state index contributed by atoms with van der Waals surface area (Å²) >= 11 is 0. The Labute approximate surface area is 163 Å². The van der Waals surface area contributed by atoms with Crippen LogP contribution in [-0.4, -0.2) is 23.4 Å². The SMILES string of the molecule is CC(C)CNc1cnc2ccc(C(=O)OCc3ccc(C(N)=O)cc3)cc2c1. The molecule has 28 heavy (non-hydrogen) atoms. The molecule has 0 spiro atoms. The van der Waals surface area contributed by atoms with Crippen molar-refractivity contribution >= 4 is 28.5 Å². The molecule has 0 aliphatic heterocycles. The molecule has 0 saturated heterocycles. The number of nitrogens with zero attached hydrogens (tertiary/aromatic N) is 1. The highest BCUT2D eigenvalue weighted by Crippen LogP contribution is 2.19. The van der Waals surface area contributed by atoms with Crippen molar-refractivity contribution in [2.24, 2.45) is 11.7 Å². The predicted molar refractivity (Wildman–Crippen MR) is 109 cm³/mol. The Kier molecular flexibility index (Phi) is 5.89. The number of benzene rings is 2. The number of carbonyl (C=O) groups is 2. The molecule has 0 saturated carbocycles. The van der Waals surface area contributed by atoms with E-state index in [9.17, 15) is 9.59 Å². The number of primary amides is 1. The number of nitrogens with one attached hydrogen (secondary N) is 1. The van der Waals surface area contributed by atoms with Gasteiger partial charge in [0.1, 0.15) is 6.61 Å². The van der Waals surface area contributed by atoms with E-state index in [-0.39, 0.29) is 6.61 Å². The number of anilines is 1. The van der Waals surface area contributed by atoms with Crippen LogP contribution in [0.25, 0.3) is 10.9 Å². The fourth-order valence-corrected chi connectivity index (χ4v) is 2.67. The molecule has 3 N–H and O–H groups in total. The predicted octanol–water partition coefficient (Wildman–Crippen LogP) is 3.76. The van der Waals surface area contributed by atoms with Crippen LogP contribution in [0.2, 0.25) is 0 Å². The van der Waals surface area contributed by atoms with Crippen LogP contribution in [0.1, 0.15) is 40.1 Å². The quantitative estimate of drug-likeness (QED) is 0.612. The van der Waals surface area contributed by atoms with Gasteiger partial charge in [0.2, 0.25) is 5.91 Å². The normalized spacial score (nSPS) is 10.8. The number of carbonyl (C=O) groups excluding carboxylic acids is 2. The minimum absolute atomic E-state index is 0.115. The van der Waals surface area contributed by atoms with Crippen molar-refractivity contribution in [3.05, 3.63) is 71.4 Å². The van der Waals surface area contributed by atoms with Crippen LogP contribution in [0.15, 0.2) is 54.7 Å². The van der Waals surface area contributed by atoms with E-state index in [1.165, 1.54) is 0 Å². The third-order valence-electron chi connectivity index (χ3n) is 4.24. The van der Waals surface area contributed by atoms with Crippen molar-refractivity contribution < 1.29 is 14.3 Å². The highest BCUT2D eigenvalue weighted by molar-refractivity contribution is 5.95. The number of ether oxygens (including phenoxy) is 1. The van der Waals surface area contributed by atoms with Crippen LogP contribution in [0.4, 0.5) is 5.69 Å². The number of amides is 1. The number of aromatic nitrogens is 1. The average Bonchev–Trinajstić information content (AvgIpc) is 2.70. The molecule has 1 heterocycles. The van der Waals surface area contributed by atoms with Gasteiger partial charge in [-0.1, -0.05) is 26.0 Å². The topological polar surface area (TPSA) is 94.3 Å². The van der Waals surface area contributed by atoms with Crippen molar-refractivity contribution in [3.63, 3.8) is 0 Å². The molecule has 0 radical (unpaired) electrons. The van der Waals surface area contributed by atoms with Gasteiger partial charge in [-0.2, -0.15) is 0 Å². The Hall–Kier alpha value is -3.41. The molecule has 0 aliphatic rings.